The second-order valence-electron chi connectivity index (χ2n) is 7.18. The maximum Gasteiger partial charge on any atom is 0.416 e. The zero-order chi connectivity index (χ0) is 23.5. The van der Waals surface area contributed by atoms with Crippen molar-refractivity contribution in [1.82, 2.24) is 25.5 Å². The second kappa shape index (κ2) is 9.15. The molecule has 0 amide bonds. The van der Waals surface area contributed by atoms with Crippen LogP contribution >= 0.6 is 0 Å². The second-order valence-corrected chi connectivity index (χ2v) is 7.18. The molecule has 1 aromatic heterocycles. The summed E-state index contributed by atoms with van der Waals surface area (Å²) >= 11 is 0. The van der Waals surface area contributed by atoms with E-state index in [1.54, 1.807) is 24.3 Å². The van der Waals surface area contributed by atoms with E-state index in [1.807, 2.05) is 18.9 Å². The first-order chi connectivity index (χ1) is 14.9. The van der Waals surface area contributed by atoms with Crippen molar-refractivity contribution < 1.29 is 31.1 Å². The molecule has 1 unspecified atom stereocenters. The van der Waals surface area contributed by atoms with E-state index in [4.69, 9.17) is 4.74 Å². The highest BCUT2D eigenvalue weighted by Gasteiger charge is 2.37. The van der Waals surface area contributed by atoms with E-state index in [-0.39, 0.29) is 17.7 Å². The van der Waals surface area contributed by atoms with Gasteiger partial charge in [-0.05, 0) is 54.2 Å². The minimum Gasteiger partial charge on any atom is -0.489 e. The van der Waals surface area contributed by atoms with Crippen LogP contribution in [0.5, 0.6) is 5.75 Å². The van der Waals surface area contributed by atoms with Crippen molar-refractivity contribution in [1.29, 1.82) is 0 Å². The topological polar surface area (TPSA) is 66.9 Å². The Balaban J connectivity index is 1.82. The van der Waals surface area contributed by atoms with Crippen molar-refractivity contribution in [3.05, 3.63) is 70.5 Å². The molecule has 1 heterocycles. The molecule has 0 aliphatic rings. The van der Waals surface area contributed by atoms with Crippen LogP contribution in [0.3, 0.4) is 0 Å². The first-order valence-electron chi connectivity index (χ1n) is 9.38. The number of tetrazole rings is 1. The molecule has 1 N–H and O–H groups in total. The van der Waals surface area contributed by atoms with E-state index in [0.29, 0.717) is 35.8 Å². The summed E-state index contributed by atoms with van der Waals surface area (Å²) in [6.07, 6.45) is -9.83. The number of hydrogen-bond donors (Lipinski definition) is 1. The van der Waals surface area contributed by atoms with Gasteiger partial charge in [-0.1, -0.05) is 18.2 Å². The molecule has 12 heteroatoms. The number of aromatic amines is 1. The lowest BCUT2D eigenvalue weighted by molar-refractivity contribution is -0.143. The molecular formula is C20H19F6N5O. The van der Waals surface area contributed by atoms with Gasteiger partial charge in [-0.15, -0.1) is 5.10 Å². The maximum atomic E-state index is 13.1. The minimum atomic E-state index is -4.92. The number of alkyl halides is 6. The van der Waals surface area contributed by atoms with Gasteiger partial charge in [-0.3, -0.25) is 4.90 Å². The minimum absolute atomic E-state index is 0.0901. The lowest BCUT2D eigenvalue weighted by atomic mass is 10.0. The summed E-state index contributed by atoms with van der Waals surface area (Å²) < 4.78 is 84.2. The molecule has 0 saturated carbocycles. The largest absolute Gasteiger partial charge is 0.489 e. The maximum absolute atomic E-state index is 13.1. The molecule has 172 valence electrons. The van der Waals surface area contributed by atoms with Crippen molar-refractivity contribution in [3.63, 3.8) is 0 Å². The normalized spacial score (nSPS) is 13.4. The standard InChI is InChI=1S/C20H19F6N5O/c1-12(31(2)10-18-27-29-30-28-18)16-5-3-4-6-17(16)32-11-13-7-14(19(21,22)23)9-15(8-13)20(24,25)26/h3-9,12H,10-11H2,1-2H3,(H,27,28,29,30). The predicted octanol–water partition coefficient (Wildman–Crippen LogP) is 5.01. The van der Waals surface area contributed by atoms with Crippen LogP contribution in [0.15, 0.2) is 42.5 Å². The Bertz CT molecular complexity index is 1000. The van der Waals surface area contributed by atoms with Crippen LogP contribution in [0, 0.1) is 0 Å². The van der Waals surface area contributed by atoms with Gasteiger partial charge in [0.1, 0.15) is 12.4 Å². The molecule has 0 aliphatic carbocycles. The van der Waals surface area contributed by atoms with Crippen LogP contribution in [0.1, 0.15) is 41.0 Å². The third-order valence-corrected chi connectivity index (χ3v) is 4.86. The number of halogens is 6. The monoisotopic (exact) mass is 459 g/mol. The summed E-state index contributed by atoms with van der Waals surface area (Å²) in [5.41, 5.74) is -2.30. The average molecular weight is 459 g/mol. The quantitative estimate of drug-likeness (QED) is 0.504. The summed E-state index contributed by atoms with van der Waals surface area (Å²) in [6.45, 7) is 1.79. The van der Waals surface area contributed by atoms with Gasteiger partial charge in [0, 0.05) is 11.6 Å². The highest BCUT2D eigenvalue weighted by Crippen LogP contribution is 2.37. The summed E-state index contributed by atoms with van der Waals surface area (Å²) in [5.74, 6) is 0.870. The molecule has 2 aromatic carbocycles. The van der Waals surface area contributed by atoms with Crippen molar-refractivity contribution in [2.75, 3.05) is 7.05 Å². The van der Waals surface area contributed by atoms with Gasteiger partial charge in [-0.2, -0.15) is 26.3 Å². The summed E-state index contributed by atoms with van der Waals surface area (Å²) in [6, 6.07) is 7.98. The van der Waals surface area contributed by atoms with Crippen LogP contribution in [-0.2, 0) is 25.5 Å². The smallest absolute Gasteiger partial charge is 0.416 e. The number of ether oxygens (including phenoxy) is 1. The van der Waals surface area contributed by atoms with Gasteiger partial charge >= 0.3 is 12.4 Å². The van der Waals surface area contributed by atoms with E-state index in [9.17, 15) is 26.3 Å². The predicted molar refractivity (Wildman–Crippen MR) is 101 cm³/mol. The van der Waals surface area contributed by atoms with Gasteiger partial charge in [0.15, 0.2) is 5.82 Å². The Morgan fingerprint density at radius 3 is 2.19 bits per heavy atom. The fraction of sp³-hybridized carbons (Fsp3) is 0.350. The number of aromatic nitrogens is 4. The number of rotatable bonds is 7. The van der Waals surface area contributed by atoms with E-state index in [0.717, 1.165) is 0 Å². The van der Waals surface area contributed by atoms with Crippen molar-refractivity contribution in [3.8, 4) is 5.75 Å². The third kappa shape index (κ3) is 5.75. The Hall–Kier alpha value is -3.15. The van der Waals surface area contributed by atoms with Gasteiger partial charge in [-0.25, -0.2) is 5.10 Å². The van der Waals surface area contributed by atoms with Crippen LogP contribution in [0.4, 0.5) is 26.3 Å². The third-order valence-electron chi connectivity index (χ3n) is 4.86. The number of nitrogens with zero attached hydrogens (tertiary/aromatic N) is 4. The SMILES string of the molecule is CC(c1ccccc1OCc1cc(C(F)(F)F)cc(C(F)(F)F)c1)N(C)Cc1nnn[nH]1. The van der Waals surface area contributed by atoms with E-state index >= 15 is 0 Å². The molecule has 0 spiro atoms. The molecule has 0 bridgehead atoms. The van der Waals surface area contributed by atoms with E-state index in [2.05, 4.69) is 20.6 Å². The molecule has 1 atom stereocenters. The van der Waals surface area contributed by atoms with E-state index < -0.39 is 30.1 Å². The molecule has 0 aliphatic heterocycles. The molecule has 6 nitrogen and oxygen atoms in total. The number of H-pyrrole nitrogens is 1. The molecule has 3 rings (SSSR count). The van der Waals surface area contributed by atoms with Crippen LogP contribution in [0.2, 0.25) is 0 Å². The molecule has 0 radical (unpaired) electrons. The number of hydrogen-bond acceptors (Lipinski definition) is 5. The molecular weight excluding hydrogens is 440 g/mol. The van der Waals surface area contributed by atoms with E-state index in [1.165, 1.54) is 0 Å². The fourth-order valence-corrected chi connectivity index (χ4v) is 3.08. The lowest BCUT2D eigenvalue weighted by Crippen LogP contribution is -2.23. The number of nitrogens with one attached hydrogen (secondary N) is 1. The van der Waals surface area contributed by atoms with Crippen molar-refractivity contribution >= 4 is 0 Å². The zero-order valence-corrected chi connectivity index (χ0v) is 17.0. The Labute approximate surface area is 179 Å². The Morgan fingerprint density at radius 1 is 1.00 bits per heavy atom. The summed E-state index contributed by atoms with van der Waals surface area (Å²) in [7, 11) is 1.81. The van der Waals surface area contributed by atoms with Crippen molar-refractivity contribution in [2.45, 2.75) is 38.5 Å². The van der Waals surface area contributed by atoms with Crippen LogP contribution in [0.25, 0.3) is 0 Å². The van der Waals surface area contributed by atoms with Gasteiger partial charge in [0.25, 0.3) is 0 Å². The summed E-state index contributed by atoms with van der Waals surface area (Å²) in [5, 5.41) is 13.5. The van der Waals surface area contributed by atoms with Crippen LogP contribution in [-0.4, -0.2) is 32.6 Å². The fourth-order valence-electron chi connectivity index (χ4n) is 3.08. The summed E-state index contributed by atoms with van der Waals surface area (Å²) in [4.78, 5) is 1.90. The van der Waals surface area contributed by atoms with Crippen molar-refractivity contribution in [2.24, 2.45) is 0 Å². The van der Waals surface area contributed by atoms with Gasteiger partial charge in [0.05, 0.1) is 17.7 Å². The molecule has 0 fully saturated rings. The Kier molecular flexibility index (Phi) is 6.72. The first kappa shape index (κ1) is 23.5. The highest BCUT2D eigenvalue weighted by molar-refractivity contribution is 5.37. The number of benzene rings is 2. The highest BCUT2D eigenvalue weighted by atomic mass is 19.4. The van der Waals surface area contributed by atoms with Gasteiger partial charge < -0.3 is 4.74 Å². The molecule has 32 heavy (non-hydrogen) atoms. The average Bonchev–Trinajstić information content (AvgIpc) is 3.23. The zero-order valence-electron chi connectivity index (χ0n) is 17.0. The first-order valence-corrected chi connectivity index (χ1v) is 9.38. The lowest BCUT2D eigenvalue weighted by Gasteiger charge is -2.25. The molecule has 3 aromatic rings. The van der Waals surface area contributed by atoms with Crippen LogP contribution < -0.4 is 4.74 Å². The van der Waals surface area contributed by atoms with Gasteiger partial charge in [0.2, 0.25) is 0 Å². The Morgan fingerprint density at radius 2 is 1.62 bits per heavy atom. The number of para-hydroxylation sites is 1. The molecule has 0 saturated heterocycles.